The van der Waals surface area contributed by atoms with Gasteiger partial charge in [0.25, 0.3) is 5.91 Å². The maximum absolute atomic E-state index is 13.1. The van der Waals surface area contributed by atoms with Gasteiger partial charge < -0.3 is 14.2 Å². The van der Waals surface area contributed by atoms with Gasteiger partial charge in [0, 0.05) is 0 Å². The molecule has 0 N–H and O–H groups in total. The maximum Gasteiger partial charge on any atom is 0.343 e. The number of carbonyl (C=O) groups excluding carboxylic acids is 2. The third-order valence-corrected chi connectivity index (χ3v) is 6.76. The normalized spacial score (nSPS) is 14.9. The number of amides is 1. The monoisotopic (exact) mass is 569 g/mol. The summed E-state index contributed by atoms with van der Waals surface area (Å²) in [5.74, 6) is 0.232. The molecule has 0 atom stereocenters. The van der Waals surface area contributed by atoms with Crippen LogP contribution in [0.1, 0.15) is 16.7 Å². The molecule has 1 fully saturated rings. The van der Waals surface area contributed by atoms with Crippen LogP contribution in [-0.4, -0.2) is 37.0 Å². The summed E-state index contributed by atoms with van der Waals surface area (Å²) in [5.41, 5.74) is 3.76. The number of benzene rings is 2. The fraction of sp³-hybridized carbons (Fsp3) is 0.227. The molecule has 0 radical (unpaired) electrons. The van der Waals surface area contributed by atoms with Gasteiger partial charge in [-0.25, -0.2) is 4.79 Å². The van der Waals surface area contributed by atoms with Crippen molar-refractivity contribution < 1.29 is 23.8 Å². The van der Waals surface area contributed by atoms with Gasteiger partial charge in [-0.3, -0.25) is 9.69 Å². The first-order valence-electron chi connectivity index (χ1n) is 9.17. The Morgan fingerprint density at radius 1 is 1.19 bits per heavy atom. The third-order valence-electron chi connectivity index (χ3n) is 4.65. The zero-order valence-electron chi connectivity index (χ0n) is 17.4. The van der Waals surface area contributed by atoms with Crippen LogP contribution >= 0.6 is 46.6 Å². The molecule has 31 heavy (non-hydrogen) atoms. The van der Waals surface area contributed by atoms with Gasteiger partial charge in [-0.2, -0.15) is 0 Å². The number of methoxy groups -OCH3 is 2. The van der Waals surface area contributed by atoms with E-state index in [1.54, 1.807) is 17.0 Å². The fourth-order valence-corrected chi connectivity index (χ4v) is 4.94. The predicted molar refractivity (Wildman–Crippen MR) is 135 cm³/mol. The molecule has 1 saturated heterocycles. The van der Waals surface area contributed by atoms with Crippen molar-refractivity contribution in [2.24, 2.45) is 0 Å². The van der Waals surface area contributed by atoms with E-state index in [1.165, 1.54) is 26.0 Å². The highest BCUT2D eigenvalue weighted by atomic mass is 127. The Hall–Kier alpha value is -2.11. The summed E-state index contributed by atoms with van der Waals surface area (Å²) < 4.78 is 16.8. The predicted octanol–water partition coefficient (Wildman–Crippen LogP) is 4.87. The number of hydrogen-bond donors (Lipinski definition) is 0. The first-order chi connectivity index (χ1) is 14.7. The molecule has 162 valence electrons. The standard InChI is InChI=1S/C22H20INO5S2/c1-12-5-6-15(7-13(12)2)24-21(26)18(31-22(24)30)10-14-8-16(23)20(17(9-14)27-3)29-11-19(25)28-4/h5-10H,11H2,1-4H3. The number of anilines is 1. The minimum Gasteiger partial charge on any atom is -0.493 e. The van der Waals surface area contributed by atoms with Gasteiger partial charge in [0.05, 0.1) is 28.4 Å². The van der Waals surface area contributed by atoms with E-state index in [0.29, 0.717) is 20.7 Å². The molecule has 1 aliphatic rings. The van der Waals surface area contributed by atoms with E-state index in [1.807, 2.05) is 38.1 Å². The number of aryl methyl sites for hydroxylation is 2. The van der Waals surface area contributed by atoms with Crippen LogP contribution in [0.5, 0.6) is 11.5 Å². The van der Waals surface area contributed by atoms with Crippen molar-refractivity contribution in [1.29, 1.82) is 0 Å². The molecule has 0 bridgehead atoms. The molecule has 0 aromatic heterocycles. The van der Waals surface area contributed by atoms with E-state index in [4.69, 9.17) is 21.7 Å². The minimum absolute atomic E-state index is 0.168. The van der Waals surface area contributed by atoms with Crippen LogP contribution in [0.2, 0.25) is 0 Å². The Morgan fingerprint density at radius 2 is 1.94 bits per heavy atom. The van der Waals surface area contributed by atoms with E-state index in [0.717, 1.165) is 25.9 Å². The lowest BCUT2D eigenvalue weighted by atomic mass is 10.1. The lowest BCUT2D eigenvalue weighted by molar-refractivity contribution is -0.142. The lowest BCUT2D eigenvalue weighted by Crippen LogP contribution is -2.27. The van der Waals surface area contributed by atoms with E-state index in [2.05, 4.69) is 27.3 Å². The second kappa shape index (κ2) is 10.0. The first-order valence-corrected chi connectivity index (χ1v) is 11.5. The highest BCUT2D eigenvalue weighted by Gasteiger charge is 2.33. The summed E-state index contributed by atoms with van der Waals surface area (Å²) >= 11 is 8.82. The molecular weight excluding hydrogens is 549 g/mol. The molecule has 1 amide bonds. The molecule has 0 saturated carbocycles. The zero-order valence-corrected chi connectivity index (χ0v) is 21.1. The van der Waals surface area contributed by atoms with Crippen molar-refractivity contribution in [3.63, 3.8) is 0 Å². The van der Waals surface area contributed by atoms with Gasteiger partial charge >= 0.3 is 5.97 Å². The maximum atomic E-state index is 13.1. The number of thioether (sulfide) groups is 1. The molecule has 2 aromatic rings. The number of halogens is 1. The van der Waals surface area contributed by atoms with Gasteiger partial charge in [-0.1, -0.05) is 30.0 Å². The molecule has 3 rings (SSSR count). The lowest BCUT2D eigenvalue weighted by Gasteiger charge is -2.16. The second-order valence-electron chi connectivity index (χ2n) is 6.68. The van der Waals surface area contributed by atoms with Crippen LogP contribution in [0, 0.1) is 17.4 Å². The average molecular weight is 569 g/mol. The molecule has 6 nitrogen and oxygen atoms in total. The third kappa shape index (κ3) is 5.21. The Labute approximate surface area is 204 Å². The number of nitrogens with zero attached hydrogens (tertiary/aromatic N) is 1. The Kier molecular flexibility index (Phi) is 7.60. The number of carbonyl (C=O) groups is 2. The number of thiocarbonyl (C=S) groups is 1. The zero-order chi connectivity index (χ0) is 22.7. The van der Waals surface area contributed by atoms with Gasteiger partial charge in [0.1, 0.15) is 0 Å². The molecular formula is C22H20INO5S2. The van der Waals surface area contributed by atoms with Gasteiger partial charge in [-0.05, 0) is 83.5 Å². The van der Waals surface area contributed by atoms with Crippen molar-refractivity contribution in [3.05, 3.63) is 55.5 Å². The van der Waals surface area contributed by atoms with E-state index in [9.17, 15) is 9.59 Å². The van der Waals surface area contributed by atoms with E-state index >= 15 is 0 Å². The fourth-order valence-electron chi connectivity index (χ4n) is 2.86. The van der Waals surface area contributed by atoms with Crippen LogP contribution in [0.15, 0.2) is 35.2 Å². The van der Waals surface area contributed by atoms with Crippen LogP contribution in [-0.2, 0) is 14.3 Å². The van der Waals surface area contributed by atoms with E-state index < -0.39 is 5.97 Å². The van der Waals surface area contributed by atoms with Crippen LogP contribution < -0.4 is 14.4 Å². The first kappa shape index (κ1) is 23.6. The van der Waals surface area contributed by atoms with Crippen LogP contribution in [0.25, 0.3) is 6.08 Å². The summed E-state index contributed by atoms with van der Waals surface area (Å²) in [4.78, 5) is 26.5. The summed E-state index contributed by atoms with van der Waals surface area (Å²) in [6, 6.07) is 9.43. The van der Waals surface area contributed by atoms with Crippen molar-refractivity contribution in [3.8, 4) is 11.5 Å². The molecule has 9 heteroatoms. The Bertz CT molecular complexity index is 1100. The number of hydrogen-bond acceptors (Lipinski definition) is 7. The number of ether oxygens (including phenoxy) is 3. The van der Waals surface area contributed by atoms with Crippen LogP contribution in [0.3, 0.4) is 0 Å². The van der Waals surface area contributed by atoms with Gasteiger partial charge in [0.15, 0.2) is 22.4 Å². The smallest absolute Gasteiger partial charge is 0.343 e. The Balaban J connectivity index is 1.90. The molecule has 1 aliphatic heterocycles. The number of esters is 1. The molecule has 0 aliphatic carbocycles. The summed E-state index contributed by atoms with van der Waals surface area (Å²) in [5, 5.41) is 0. The molecule has 2 aromatic carbocycles. The highest BCUT2D eigenvalue weighted by Crippen LogP contribution is 2.39. The van der Waals surface area contributed by atoms with Gasteiger partial charge in [-0.15, -0.1) is 0 Å². The minimum atomic E-state index is -0.489. The molecule has 1 heterocycles. The van der Waals surface area contributed by atoms with Crippen molar-refractivity contribution >= 4 is 74.5 Å². The topological polar surface area (TPSA) is 65.1 Å². The van der Waals surface area contributed by atoms with E-state index in [-0.39, 0.29) is 12.5 Å². The summed E-state index contributed by atoms with van der Waals surface area (Å²) in [7, 11) is 2.81. The second-order valence-corrected chi connectivity index (χ2v) is 9.52. The summed E-state index contributed by atoms with van der Waals surface area (Å²) in [6.45, 7) is 3.80. The number of rotatable bonds is 6. The Morgan fingerprint density at radius 3 is 2.58 bits per heavy atom. The van der Waals surface area contributed by atoms with Crippen molar-refractivity contribution in [2.45, 2.75) is 13.8 Å². The van der Waals surface area contributed by atoms with Gasteiger partial charge in [0.2, 0.25) is 0 Å². The SMILES string of the molecule is COC(=O)COc1c(I)cc(C=C2SC(=S)N(c3ccc(C)c(C)c3)C2=O)cc1OC. The highest BCUT2D eigenvalue weighted by molar-refractivity contribution is 14.1. The largest absolute Gasteiger partial charge is 0.493 e. The van der Waals surface area contributed by atoms with Crippen molar-refractivity contribution in [1.82, 2.24) is 0 Å². The van der Waals surface area contributed by atoms with Crippen molar-refractivity contribution in [2.75, 3.05) is 25.7 Å². The average Bonchev–Trinajstić information content (AvgIpc) is 3.01. The summed E-state index contributed by atoms with van der Waals surface area (Å²) in [6.07, 6.45) is 1.77. The van der Waals surface area contributed by atoms with Crippen LogP contribution in [0.4, 0.5) is 5.69 Å². The molecule has 0 spiro atoms. The quantitative estimate of drug-likeness (QED) is 0.213. The molecule has 0 unspecified atom stereocenters.